The van der Waals surface area contributed by atoms with Crippen LogP contribution in [0.3, 0.4) is 0 Å². The van der Waals surface area contributed by atoms with Gasteiger partial charge in [0.25, 0.3) is 0 Å². The number of aromatic nitrogens is 1. The van der Waals surface area contributed by atoms with Crippen LogP contribution in [0.4, 0.5) is 0 Å². The molecule has 2 N–H and O–H groups in total. The molecule has 156 valence electrons. The highest BCUT2D eigenvalue weighted by molar-refractivity contribution is 8.00. The number of thiazole rings is 1. The van der Waals surface area contributed by atoms with Crippen LogP contribution in [-0.4, -0.2) is 36.8 Å². The van der Waals surface area contributed by atoms with Gasteiger partial charge in [0.05, 0.1) is 31.2 Å². The zero-order chi connectivity index (χ0) is 21.5. The molecule has 2 aromatic carbocycles. The first-order valence-corrected chi connectivity index (χ1v) is 10.7. The lowest BCUT2D eigenvalue weighted by molar-refractivity contribution is -0.115. The van der Waals surface area contributed by atoms with E-state index in [0.29, 0.717) is 27.7 Å². The fraction of sp³-hybridized carbons (Fsp3) is 0.190. The van der Waals surface area contributed by atoms with E-state index in [0.717, 1.165) is 10.6 Å². The summed E-state index contributed by atoms with van der Waals surface area (Å²) >= 11 is 2.64. The number of ether oxygens (including phenoxy) is 3. The Morgan fingerprint density at radius 1 is 1.10 bits per heavy atom. The molecule has 0 aliphatic heterocycles. The number of esters is 1. The number of benzene rings is 2. The fourth-order valence-corrected chi connectivity index (χ4v) is 4.18. The summed E-state index contributed by atoms with van der Waals surface area (Å²) in [6, 6.07) is 12.5. The largest absolute Gasteiger partial charge is 0.493 e. The van der Waals surface area contributed by atoms with E-state index in [2.05, 4.69) is 4.98 Å². The quantitative estimate of drug-likeness (QED) is 0.396. The Hall–Kier alpha value is -3.04. The molecule has 3 aromatic rings. The fourth-order valence-electron chi connectivity index (χ4n) is 2.60. The molecule has 1 aromatic heterocycles. The predicted octanol–water partition coefficient (Wildman–Crippen LogP) is 3.76. The molecule has 7 nitrogen and oxygen atoms in total. The second kappa shape index (κ2) is 10.1. The highest BCUT2D eigenvalue weighted by atomic mass is 32.2. The first kappa shape index (κ1) is 21.7. The van der Waals surface area contributed by atoms with E-state index in [1.165, 1.54) is 23.1 Å². The minimum Gasteiger partial charge on any atom is -0.493 e. The van der Waals surface area contributed by atoms with E-state index in [4.69, 9.17) is 19.9 Å². The second-order valence-electron chi connectivity index (χ2n) is 6.04. The third-order valence-electron chi connectivity index (χ3n) is 4.01. The number of nitrogens with zero attached hydrogens (tertiary/aromatic N) is 1. The van der Waals surface area contributed by atoms with Gasteiger partial charge < -0.3 is 19.9 Å². The molecule has 9 heteroatoms. The topological polar surface area (TPSA) is 101 Å². The molecule has 3 rings (SSSR count). The SMILES string of the molecule is COc1ccc(-c2nc(COC(=O)c3ccccc3SCC(N)=O)cs2)cc1OC. The van der Waals surface area contributed by atoms with Crippen molar-refractivity contribution in [3.05, 3.63) is 59.1 Å². The van der Waals surface area contributed by atoms with Gasteiger partial charge in [0.1, 0.15) is 11.6 Å². The van der Waals surface area contributed by atoms with Gasteiger partial charge in [-0.3, -0.25) is 4.79 Å². The van der Waals surface area contributed by atoms with Gasteiger partial charge in [-0.05, 0) is 30.3 Å². The molecule has 1 heterocycles. The van der Waals surface area contributed by atoms with Crippen molar-refractivity contribution in [3.8, 4) is 22.1 Å². The van der Waals surface area contributed by atoms with E-state index >= 15 is 0 Å². The second-order valence-corrected chi connectivity index (χ2v) is 7.92. The van der Waals surface area contributed by atoms with Crippen LogP contribution in [0.2, 0.25) is 0 Å². The number of hydrogen-bond acceptors (Lipinski definition) is 8. The number of hydrogen-bond donors (Lipinski definition) is 1. The lowest BCUT2D eigenvalue weighted by Crippen LogP contribution is -2.14. The Morgan fingerprint density at radius 3 is 2.60 bits per heavy atom. The van der Waals surface area contributed by atoms with Gasteiger partial charge >= 0.3 is 5.97 Å². The Balaban J connectivity index is 1.68. The van der Waals surface area contributed by atoms with Crippen LogP contribution in [0.1, 0.15) is 16.1 Å². The van der Waals surface area contributed by atoms with Gasteiger partial charge in [0.2, 0.25) is 5.91 Å². The van der Waals surface area contributed by atoms with Gasteiger partial charge in [-0.25, -0.2) is 9.78 Å². The van der Waals surface area contributed by atoms with Crippen molar-refractivity contribution in [2.75, 3.05) is 20.0 Å². The molecule has 0 unspecified atom stereocenters. The van der Waals surface area contributed by atoms with Gasteiger partial charge in [0, 0.05) is 15.8 Å². The van der Waals surface area contributed by atoms with Crippen molar-refractivity contribution >= 4 is 35.0 Å². The average molecular weight is 445 g/mol. The average Bonchev–Trinajstić information content (AvgIpc) is 3.24. The number of carbonyl (C=O) groups is 2. The van der Waals surface area contributed by atoms with Crippen LogP contribution in [0.5, 0.6) is 11.5 Å². The summed E-state index contributed by atoms with van der Waals surface area (Å²) in [4.78, 5) is 28.7. The number of rotatable bonds is 9. The summed E-state index contributed by atoms with van der Waals surface area (Å²) in [6.45, 7) is 0.0391. The van der Waals surface area contributed by atoms with Crippen molar-refractivity contribution < 1.29 is 23.8 Å². The molecule has 0 aliphatic rings. The molecule has 0 radical (unpaired) electrons. The van der Waals surface area contributed by atoms with Crippen molar-refractivity contribution in [2.24, 2.45) is 5.73 Å². The third-order valence-corrected chi connectivity index (χ3v) is 6.05. The van der Waals surface area contributed by atoms with Gasteiger partial charge in [-0.15, -0.1) is 23.1 Å². The lowest BCUT2D eigenvalue weighted by atomic mass is 10.2. The Morgan fingerprint density at radius 2 is 1.87 bits per heavy atom. The first-order valence-electron chi connectivity index (χ1n) is 8.86. The van der Waals surface area contributed by atoms with Crippen molar-refractivity contribution in [2.45, 2.75) is 11.5 Å². The molecule has 1 amide bonds. The van der Waals surface area contributed by atoms with Crippen LogP contribution >= 0.6 is 23.1 Å². The number of thioether (sulfide) groups is 1. The molecule has 0 atom stereocenters. The summed E-state index contributed by atoms with van der Waals surface area (Å²) in [5.74, 6) is 0.407. The van der Waals surface area contributed by atoms with Crippen LogP contribution < -0.4 is 15.2 Å². The smallest absolute Gasteiger partial charge is 0.339 e. The molecular formula is C21H20N2O5S2. The van der Waals surface area contributed by atoms with Gasteiger partial charge in [-0.1, -0.05) is 12.1 Å². The normalized spacial score (nSPS) is 10.5. The van der Waals surface area contributed by atoms with Crippen molar-refractivity contribution in [1.82, 2.24) is 4.98 Å². The number of primary amides is 1. The predicted molar refractivity (Wildman–Crippen MR) is 116 cm³/mol. The highest BCUT2D eigenvalue weighted by Crippen LogP contribution is 2.33. The maximum atomic E-state index is 12.5. The van der Waals surface area contributed by atoms with Crippen LogP contribution in [-0.2, 0) is 16.1 Å². The minimum absolute atomic E-state index is 0.0391. The molecule has 0 aliphatic carbocycles. The number of nitrogens with two attached hydrogens (primary N) is 1. The zero-order valence-corrected chi connectivity index (χ0v) is 18.0. The zero-order valence-electron chi connectivity index (χ0n) is 16.4. The minimum atomic E-state index is -0.483. The Labute approximate surface area is 182 Å². The highest BCUT2D eigenvalue weighted by Gasteiger charge is 2.15. The standard InChI is InChI=1S/C21H20N2O5S2/c1-26-16-8-7-13(9-17(16)27-2)20-23-14(11-30-20)10-28-21(25)15-5-3-4-6-18(15)29-12-19(22)24/h3-9,11H,10,12H2,1-2H3,(H2,22,24). The summed E-state index contributed by atoms with van der Waals surface area (Å²) in [6.07, 6.45) is 0. The maximum absolute atomic E-state index is 12.5. The van der Waals surface area contributed by atoms with Crippen molar-refractivity contribution in [1.29, 1.82) is 0 Å². The lowest BCUT2D eigenvalue weighted by Gasteiger charge is -2.08. The molecule has 0 saturated heterocycles. The third kappa shape index (κ3) is 5.31. The summed E-state index contributed by atoms with van der Waals surface area (Å²) in [5, 5.41) is 2.62. The van der Waals surface area contributed by atoms with E-state index in [1.807, 2.05) is 23.6 Å². The number of methoxy groups -OCH3 is 2. The summed E-state index contributed by atoms with van der Waals surface area (Å²) in [5.41, 5.74) is 7.09. The van der Waals surface area contributed by atoms with Crippen molar-refractivity contribution in [3.63, 3.8) is 0 Å². The van der Waals surface area contributed by atoms with Crippen LogP contribution in [0, 0.1) is 0 Å². The Bertz CT molecular complexity index is 1050. The number of amides is 1. The van der Waals surface area contributed by atoms with Crippen LogP contribution in [0.15, 0.2) is 52.7 Å². The monoisotopic (exact) mass is 444 g/mol. The molecule has 0 saturated carbocycles. The maximum Gasteiger partial charge on any atom is 0.339 e. The Kier molecular flexibility index (Phi) is 7.31. The number of carbonyl (C=O) groups excluding carboxylic acids is 2. The molecule has 30 heavy (non-hydrogen) atoms. The molecule has 0 bridgehead atoms. The first-order chi connectivity index (χ1) is 14.5. The van der Waals surface area contributed by atoms with E-state index in [-0.39, 0.29) is 12.4 Å². The van der Waals surface area contributed by atoms with E-state index < -0.39 is 11.9 Å². The molecular weight excluding hydrogens is 424 g/mol. The van der Waals surface area contributed by atoms with E-state index in [1.54, 1.807) is 38.5 Å². The van der Waals surface area contributed by atoms with Gasteiger partial charge in [0.15, 0.2) is 11.5 Å². The van der Waals surface area contributed by atoms with Crippen LogP contribution in [0.25, 0.3) is 10.6 Å². The van der Waals surface area contributed by atoms with Gasteiger partial charge in [-0.2, -0.15) is 0 Å². The molecule has 0 spiro atoms. The molecule has 0 fully saturated rings. The summed E-state index contributed by atoms with van der Waals surface area (Å²) in [7, 11) is 3.16. The van der Waals surface area contributed by atoms with E-state index in [9.17, 15) is 9.59 Å². The summed E-state index contributed by atoms with van der Waals surface area (Å²) < 4.78 is 16.0.